The molecule has 194 valence electrons. The topological polar surface area (TPSA) is 115 Å². The first-order chi connectivity index (χ1) is 18.0. The van der Waals surface area contributed by atoms with Crippen molar-refractivity contribution in [3.05, 3.63) is 76.1 Å². The van der Waals surface area contributed by atoms with Gasteiger partial charge >= 0.3 is 0 Å². The second-order valence-corrected chi connectivity index (χ2v) is 8.84. The fourth-order valence-corrected chi connectivity index (χ4v) is 4.39. The van der Waals surface area contributed by atoms with Gasteiger partial charge in [-0.2, -0.15) is 0 Å². The summed E-state index contributed by atoms with van der Waals surface area (Å²) in [5.74, 6) is 1.49. The summed E-state index contributed by atoms with van der Waals surface area (Å²) in [5.41, 5.74) is 1.33. The van der Waals surface area contributed by atoms with Gasteiger partial charge in [0.1, 0.15) is 6.54 Å². The number of nitrogens with zero attached hydrogens (tertiary/aromatic N) is 3. The van der Waals surface area contributed by atoms with Gasteiger partial charge in [-0.15, -0.1) is 0 Å². The largest absolute Gasteiger partial charge is 0.491 e. The third kappa shape index (κ3) is 5.61. The van der Waals surface area contributed by atoms with Crippen LogP contribution in [0.25, 0.3) is 0 Å². The number of pyridine rings is 1. The zero-order valence-corrected chi connectivity index (χ0v) is 20.5. The van der Waals surface area contributed by atoms with Crippen molar-refractivity contribution in [1.29, 1.82) is 0 Å². The van der Waals surface area contributed by atoms with Crippen molar-refractivity contribution < 1.29 is 28.2 Å². The molecule has 11 heteroatoms. The van der Waals surface area contributed by atoms with E-state index in [4.69, 9.17) is 18.6 Å². The highest BCUT2D eigenvalue weighted by atomic mass is 16.7. The summed E-state index contributed by atoms with van der Waals surface area (Å²) >= 11 is 0. The summed E-state index contributed by atoms with van der Waals surface area (Å²) < 4.78 is 22.9. The van der Waals surface area contributed by atoms with Crippen LogP contribution >= 0.6 is 0 Å². The molecular weight excluding hydrogens is 480 g/mol. The first kappa shape index (κ1) is 24.4. The molecule has 0 atom stereocenters. The number of hydrogen-bond donors (Lipinski definition) is 1. The number of nitrogens with one attached hydrogen (secondary N) is 1. The Labute approximate surface area is 213 Å². The normalized spacial score (nSPS) is 15.0. The fourth-order valence-electron chi connectivity index (χ4n) is 4.39. The fraction of sp³-hybridized carbons (Fsp3) is 0.346. The molecular formula is C26H28N4O7. The Morgan fingerprint density at radius 2 is 1.86 bits per heavy atom. The molecule has 0 spiro atoms. The van der Waals surface area contributed by atoms with E-state index in [1.807, 2.05) is 18.2 Å². The van der Waals surface area contributed by atoms with Crippen molar-refractivity contribution in [2.45, 2.75) is 19.6 Å². The van der Waals surface area contributed by atoms with E-state index in [0.29, 0.717) is 62.2 Å². The third-order valence-corrected chi connectivity index (χ3v) is 6.42. The predicted octanol–water partition coefficient (Wildman–Crippen LogP) is 1.45. The lowest BCUT2D eigenvalue weighted by molar-refractivity contribution is -0.121. The Morgan fingerprint density at radius 3 is 2.62 bits per heavy atom. The molecule has 1 fully saturated rings. The molecule has 2 amide bonds. The molecule has 0 radical (unpaired) electrons. The molecule has 2 aliphatic heterocycles. The smallest absolute Gasteiger partial charge is 0.289 e. The number of ether oxygens (including phenoxy) is 3. The van der Waals surface area contributed by atoms with E-state index in [1.165, 1.54) is 19.4 Å². The minimum atomic E-state index is -0.249. The number of amides is 2. The lowest BCUT2D eigenvalue weighted by Crippen LogP contribution is -2.48. The van der Waals surface area contributed by atoms with Crippen LogP contribution in [0.3, 0.4) is 0 Å². The quantitative estimate of drug-likeness (QED) is 0.486. The van der Waals surface area contributed by atoms with Gasteiger partial charge in [-0.1, -0.05) is 6.07 Å². The molecule has 5 rings (SSSR count). The van der Waals surface area contributed by atoms with Crippen molar-refractivity contribution in [3.63, 3.8) is 0 Å². The number of furan rings is 1. The van der Waals surface area contributed by atoms with Crippen LogP contribution < -0.4 is 25.0 Å². The first-order valence-electron chi connectivity index (χ1n) is 12.0. The summed E-state index contributed by atoms with van der Waals surface area (Å²) in [4.78, 5) is 41.7. The molecule has 0 saturated carbocycles. The van der Waals surface area contributed by atoms with Crippen LogP contribution in [-0.2, 0) is 24.4 Å². The second-order valence-electron chi connectivity index (χ2n) is 8.84. The maximum atomic E-state index is 12.8. The maximum Gasteiger partial charge on any atom is 0.289 e. The molecule has 1 aromatic carbocycles. The van der Waals surface area contributed by atoms with E-state index >= 15 is 0 Å². The molecule has 1 saturated heterocycles. The van der Waals surface area contributed by atoms with E-state index < -0.39 is 0 Å². The van der Waals surface area contributed by atoms with Gasteiger partial charge in [-0.3, -0.25) is 19.3 Å². The predicted molar refractivity (Wildman–Crippen MR) is 132 cm³/mol. The molecule has 0 aliphatic carbocycles. The second kappa shape index (κ2) is 10.8. The monoisotopic (exact) mass is 508 g/mol. The molecule has 0 bridgehead atoms. The van der Waals surface area contributed by atoms with Crippen molar-refractivity contribution in [2.24, 2.45) is 0 Å². The van der Waals surface area contributed by atoms with Gasteiger partial charge in [0.05, 0.1) is 19.6 Å². The SMILES string of the molecule is COc1cn(CC(=O)NCc2ccc3c(c2)OCO3)c(CN2CCN(C(=O)c3ccco3)CC2)cc1=O. The lowest BCUT2D eigenvalue weighted by atomic mass is 10.2. The van der Waals surface area contributed by atoms with Crippen molar-refractivity contribution in [3.8, 4) is 17.2 Å². The van der Waals surface area contributed by atoms with E-state index in [2.05, 4.69) is 10.2 Å². The van der Waals surface area contributed by atoms with Crippen LogP contribution in [0, 0.1) is 0 Å². The molecule has 2 aromatic heterocycles. The van der Waals surface area contributed by atoms with Crippen LogP contribution in [0.2, 0.25) is 0 Å². The van der Waals surface area contributed by atoms with Crippen molar-refractivity contribution in [1.82, 2.24) is 19.7 Å². The molecule has 37 heavy (non-hydrogen) atoms. The summed E-state index contributed by atoms with van der Waals surface area (Å²) in [6, 6.07) is 10.4. The minimum absolute atomic E-state index is 0.0213. The summed E-state index contributed by atoms with van der Waals surface area (Å²) in [5, 5.41) is 2.91. The van der Waals surface area contributed by atoms with Gasteiger partial charge in [0.2, 0.25) is 18.1 Å². The van der Waals surface area contributed by atoms with Gasteiger partial charge in [0.15, 0.2) is 23.0 Å². The zero-order chi connectivity index (χ0) is 25.8. The molecule has 0 unspecified atom stereocenters. The van der Waals surface area contributed by atoms with Crippen molar-refractivity contribution in [2.75, 3.05) is 40.1 Å². The van der Waals surface area contributed by atoms with Gasteiger partial charge in [0.25, 0.3) is 5.91 Å². The van der Waals surface area contributed by atoms with Gasteiger partial charge < -0.3 is 33.4 Å². The summed E-state index contributed by atoms with van der Waals surface area (Å²) in [6.45, 7) is 3.33. The van der Waals surface area contributed by atoms with E-state index in [1.54, 1.807) is 27.8 Å². The highest BCUT2D eigenvalue weighted by molar-refractivity contribution is 5.91. The number of carbonyl (C=O) groups is 2. The number of rotatable bonds is 8. The molecule has 2 aliphatic rings. The molecule has 1 N–H and O–H groups in total. The van der Waals surface area contributed by atoms with Crippen molar-refractivity contribution >= 4 is 11.8 Å². The van der Waals surface area contributed by atoms with Gasteiger partial charge in [0, 0.05) is 51.0 Å². The Morgan fingerprint density at radius 1 is 1.05 bits per heavy atom. The Bertz CT molecular complexity index is 1330. The van der Waals surface area contributed by atoms with Crippen LogP contribution in [0.15, 0.2) is 58.1 Å². The van der Waals surface area contributed by atoms with Crippen LogP contribution in [0.4, 0.5) is 0 Å². The molecule has 11 nitrogen and oxygen atoms in total. The van der Waals surface area contributed by atoms with E-state index in [0.717, 1.165) is 5.56 Å². The van der Waals surface area contributed by atoms with Gasteiger partial charge in [-0.25, -0.2) is 0 Å². The van der Waals surface area contributed by atoms with Crippen LogP contribution in [0.5, 0.6) is 17.2 Å². The maximum absolute atomic E-state index is 12.8. The minimum Gasteiger partial charge on any atom is -0.491 e. The van der Waals surface area contributed by atoms with E-state index in [9.17, 15) is 14.4 Å². The standard InChI is InChI=1S/C26H28N4O7/c1-34-24-15-30(16-25(32)27-13-18-4-5-21-23(11-18)37-17-36-21)19(12-20(24)31)14-28-6-8-29(9-7-28)26(33)22-3-2-10-35-22/h2-5,10-12,15H,6-9,13-14,16-17H2,1H3,(H,27,32). The summed E-state index contributed by atoms with van der Waals surface area (Å²) in [6.07, 6.45) is 3.05. The molecule has 3 aromatic rings. The Balaban J connectivity index is 1.21. The molecule has 4 heterocycles. The lowest BCUT2D eigenvalue weighted by Gasteiger charge is -2.34. The van der Waals surface area contributed by atoms with Gasteiger partial charge in [-0.05, 0) is 29.8 Å². The zero-order valence-electron chi connectivity index (χ0n) is 20.5. The number of aromatic nitrogens is 1. The van der Waals surface area contributed by atoms with E-state index in [-0.39, 0.29) is 36.3 Å². The van der Waals surface area contributed by atoms with Crippen LogP contribution in [-0.4, -0.2) is 66.3 Å². The Hall–Kier alpha value is -4.25. The average Bonchev–Trinajstić information content (AvgIpc) is 3.61. The number of methoxy groups -OCH3 is 1. The highest BCUT2D eigenvalue weighted by Gasteiger charge is 2.24. The number of hydrogen-bond acceptors (Lipinski definition) is 8. The number of benzene rings is 1. The number of piperazine rings is 1. The summed E-state index contributed by atoms with van der Waals surface area (Å²) in [7, 11) is 1.43. The van der Waals surface area contributed by atoms with Crippen LogP contribution in [0.1, 0.15) is 21.8 Å². The highest BCUT2D eigenvalue weighted by Crippen LogP contribution is 2.32. The Kier molecular flexibility index (Phi) is 7.13. The third-order valence-electron chi connectivity index (χ3n) is 6.42. The average molecular weight is 509 g/mol. The number of fused-ring (bicyclic) bond motifs is 1. The number of carbonyl (C=O) groups excluding carboxylic acids is 2. The first-order valence-corrected chi connectivity index (χ1v) is 12.0.